The van der Waals surface area contributed by atoms with Crippen LogP contribution in [0.3, 0.4) is 0 Å². The Bertz CT molecular complexity index is 1790. The van der Waals surface area contributed by atoms with Crippen LogP contribution in [0.15, 0.2) is 97.2 Å². The molecule has 0 saturated carbocycles. The van der Waals surface area contributed by atoms with Crippen molar-refractivity contribution >= 4 is 47.6 Å². The molecular formula is C36H39N4O4P. The van der Waals surface area contributed by atoms with Crippen LogP contribution in [0.25, 0.3) is 10.8 Å². The molecule has 9 heteroatoms. The highest BCUT2D eigenvalue weighted by atomic mass is 31.1. The first kappa shape index (κ1) is 31.6. The lowest BCUT2D eigenvalue weighted by Gasteiger charge is -2.24. The van der Waals surface area contributed by atoms with E-state index in [1.54, 1.807) is 13.3 Å². The maximum absolute atomic E-state index is 13.4. The minimum atomic E-state index is -0.400. The molecule has 2 amide bonds. The number of nitrogens with one attached hydrogen (secondary N) is 3. The van der Waals surface area contributed by atoms with Crippen LogP contribution >= 0.6 is 7.92 Å². The van der Waals surface area contributed by atoms with E-state index in [2.05, 4.69) is 55.0 Å². The third-order valence-corrected chi connectivity index (χ3v) is 7.63. The topological polar surface area (TPSA) is 93.7 Å². The van der Waals surface area contributed by atoms with Gasteiger partial charge in [0.2, 0.25) is 0 Å². The van der Waals surface area contributed by atoms with Crippen molar-refractivity contribution in [3.8, 4) is 23.0 Å². The normalized spacial score (nSPS) is 11.3. The zero-order valence-electron chi connectivity index (χ0n) is 26.5. The van der Waals surface area contributed by atoms with Gasteiger partial charge in [-0.05, 0) is 66.8 Å². The molecule has 0 spiro atoms. The van der Waals surface area contributed by atoms with Crippen LogP contribution in [-0.4, -0.2) is 37.8 Å². The van der Waals surface area contributed by atoms with Gasteiger partial charge in [0, 0.05) is 28.7 Å². The summed E-state index contributed by atoms with van der Waals surface area (Å²) < 4.78 is 18.2. The van der Waals surface area contributed by atoms with Crippen molar-refractivity contribution in [1.82, 2.24) is 4.98 Å². The van der Waals surface area contributed by atoms with E-state index in [4.69, 9.17) is 14.2 Å². The minimum Gasteiger partial charge on any atom is -0.491 e. The molecule has 0 fully saturated rings. The second kappa shape index (κ2) is 13.9. The Hall–Kier alpha value is -4.81. The fourth-order valence-electron chi connectivity index (χ4n) is 4.73. The summed E-state index contributed by atoms with van der Waals surface area (Å²) in [4.78, 5) is 17.8. The van der Waals surface area contributed by atoms with Gasteiger partial charge < -0.3 is 30.2 Å². The number of carbonyl (C=O) groups excluding carboxylic acids is 1. The van der Waals surface area contributed by atoms with Gasteiger partial charge in [-0.3, -0.25) is 0 Å². The molecule has 5 aromatic rings. The molecule has 5 rings (SSSR count). The lowest BCUT2D eigenvalue weighted by atomic mass is 9.86. The van der Waals surface area contributed by atoms with E-state index < -0.39 is 6.03 Å². The van der Waals surface area contributed by atoms with Crippen LogP contribution in [0.1, 0.15) is 26.3 Å². The zero-order chi connectivity index (χ0) is 32.0. The number of carbonyl (C=O) groups is 1. The van der Waals surface area contributed by atoms with Gasteiger partial charge in [0.25, 0.3) is 0 Å². The number of amides is 2. The molecule has 0 aliphatic heterocycles. The number of aromatic nitrogens is 1. The molecular weight excluding hydrogens is 583 g/mol. The molecule has 0 aliphatic rings. The monoisotopic (exact) mass is 622 g/mol. The van der Waals surface area contributed by atoms with E-state index in [0.29, 0.717) is 46.5 Å². The van der Waals surface area contributed by atoms with E-state index >= 15 is 0 Å². The molecule has 0 bridgehead atoms. The molecule has 1 aromatic heterocycles. The van der Waals surface area contributed by atoms with E-state index in [9.17, 15) is 4.79 Å². The number of hydrogen-bond acceptors (Lipinski definition) is 6. The molecule has 8 nitrogen and oxygen atoms in total. The Morgan fingerprint density at radius 2 is 1.53 bits per heavy atom. The summed E-state index contributed by atoms with van der Waals surface area (Å²) in [6.45, 7) is 10.7. The quantitative estimate of drug-likeness (QED) is 0.134. The average Bonchev–Trinajstić information content (AvgIpc) is 3.01. The highest BCUT2D eigenvalue weighted by Crippen LogP contribution is 2.42. The molecule has 232 valence electrons. The Morgan fingerprint density at radius 1 is 0.822 bits per heavy atom. The van der Waals surface area contributed by atoms with Crippen molar-refractivity contribution < 1.29 is 19.0 Å². The fourth-order valence-corrected chi connectivity index (χ4v) is 5.13. The van der Waals surface area contributed by atoms with Crippen molar-refractivity contribution in [2.75, 3.05) is 42.7 Å². The van der Waals surface area contributed by atoms with E-state index in [1.807, 2.05) is 91.0 Å². The maximum atomic E-state index is 13.4. The van der Waals surface area contributed by atoms with E-state index in [0.717, 1.165) is 22.0 Å². The number of methoxy groups -OCH3 is 1. The molecule has 1 heterocycles. The summed E-state index contributed by atoms with van der Waals surface area (Å²) in [7, 11) is 1.30. The standard InChI is InChI=1S/C36H39N4O4P/c1-36(2,3)24-20-30(34(42-4)32(21-24)43-23-45(5)6)40-35(41)39-29-16-17-31(28-15-11-10-14-27(28)29)44-26-18-19-37-33(22-26)38-25-12-8-7-9-13-25/h7-22H,23H2,1-6H3,(H,37,38)(H2,39,40,41). The van der Waals surface area contributed by atoms with Crippen molar-refractivity contribution in [3.05, 3.63) is 103 Å². The van der Waals surface area contributed by atoms with Gasteiger partial charge in [-0.1, -0.05) is 71.2 Å². The molecule has 0 saturated heterocycles. The highest BCUT2D eigenvalue weighted by molar-refractivity contribution is 7.55. The summed E-state index contributed by atoms with van der Waals surface area (Å²) in [6.07, 6.45) is 2.29. The number of anilines is 4. The number of pyridine rings is 1. The number of urea groups is 1. The fraction of sp³-hybridized carbons (Fsp3) is 0.222. The third-order valence-electron chi connectivity index (χ3n) is 6.99. The summed E-state index contributed by atoms with van der Waals surface area (Å²) >= 11 is 0. The summed E-state index contributed by atoms with van der Waals surface area (Å²) in [5.41, 5.74) is 2.97. The predicted molar refractivity (Wildman–Crippen MR) is 187 cm³/mol. The molecule has 0 atom stereocenters. The first-order valence-corrected chi connectivity index (χ1v) is 17.1. The highest BCUT2D eigenvalue weighted by Gasteiger charge is 2.22. The predicted octanol–water partition coefficient (Wildman–Crippen LogP) is 9.80. The van der Waals surface area contributed by atoms with Gasteiger partial charge >= 0.3 is 6.03 Å². The first-order valence-electron chi connectivity index (χ1n) is 14.7. The van der Waals surface area contributed by atoms with Gasteiger partial charge in [-0.25, -0.2) is 9.78 Å². The summed E-state index contributed by atoms with van der Waals surface area (Å²) in [5, 5.41) is 11.0. The van der Waals surface area contributed by atoms with Gasteiger partial charge in [0.15, 0.2) is 11.5 Å². The van der Waals surface area contributed by atoms with Crippen LogP contribution in [0.4, 0.5) is 27.7 Å². The molecule has 45 heavy (non-hydrogen) atoms. The van der Waals surface area contributed by atoms with Crippen LogP contribution in [0.5, 0.6) is 23.0 Å². The van der Waals surface area contributed by atoms with Crippen molar-refractivity contribution in [1.29, 1.82) is 0 Å². The van der Waals surface area contributed by atoms with Crippen LogP contribution in [0.2, 0.25) is 0 Å². The number of rotatable bonds is 10. The third kappa shape index (κ3) is 8.02. The van der Waals surface area contributed by atoms with Crippen molar-refractivity contribution in [2.24, 2.45) is 0 Å². The summed E-state index contributed by atoms with van der Waals surface area (Å²) in [5.74, 6) is 3.06. The lowest BCUT2D eigenvalue weighted by Crippen LogP contribution is -2.21. The van der Waals surface area contributed by atoms with Crippen LogP contribution in [-0.2, 0) is 5.41 Å². The average molecular weight is 623 g/mol. The minimum absolute atomic E-state index is 0.167. The molecule has 0 radical (unpaired) electrons. The first-order chi connectivity index (χ1) is 21.6. The second-order valence-corrected chi connectivity index (χ2v) is 14.3. The lowest BCUT2D eigenvalue weighted by molar-refractivity contribution is 0.262. The van der Waals surface area contributed by atoms with Crippen LogP contribution < -0.4 is 30.2 Å². The number of ether oxygens (including phenoxy) is 3. The number of fused-ring (bicyclic) bond motifs is 1. The molecule has 0 unspecified atom stereocenters. The van der Waals surface area contributed by atoms with Crippen LogP contribution in [0, 0.1) is 0 Å². The van der Waals surface area contributed by atoms with Gasteiger partial charge in [0.05, 0.1) is 18.5 Å². The number of hydrogen-bond donors (Lipinski definition) is 3. The largest absolute Gasteiger partial charge is 0.491 e. The maximum Gasteiger partial charge on any atom is 0.323 e. The smallest absolute Gasteiger partial charge is 0.323 e. The molecule has 0 aliphatic carbocycles. The van der Waals surface area contributed by atoms with Crippen molar-refractivity contribution in [3.63, 3.8) is 0 Å². The summed E-state index contributed by atoms with van der Waals surface area (Å²) in [6, 6.07) is 28.5. The number of benzene rings is 4. The molecule has 3 N–H and O–H groups in total. The van der Waals surface area contributed by atoms with E-state index in [-0.39, 0.29) is 13.3 Å². The van der Waals surface area contributed by atoms with Gasteiger partial charge in [-0.15, -0.1) is 0 Å². The zero-order valence-corrected chi connectivity index (χ0v) is 27.4. The second-order valence-electron chi connectivity index (χ2n) is 11.9. The SMILES string of the molecule is COc1c(NC(=O)Nc2ccc(Oc3ccnc(Nc4ccccc4)c3)c3ccccc23)cc(C(C)(C)C)cc1OCP(C)C. The Morgan fingerprint density at radius 3 is 2.24 bits per heavy atom. The van der Waals surface area contributed by atoms with Crippen molar-refractivity contribution in [2.45, 2.75) is 26.2 Å². The number of para-hydroxylation sites is 1. The molecule has 4 aromatic carbocycles. The van der Waals surface area contributed by atoms with E-state index in [1.165, 1.54) is 0 Å². The Labute approximate surface area is 265 Å². The Balaban J connectivity index is 1.38. The van der Waals surface area contributed by atoms with Gasteiger partial charge in [-0.2, -0.15) is 0 Å². The number of nitrogens with zero attached hydrogens (tertiary/aromatic N) is 1. The van der Waals surface area contributed by atoms with Gasteiger partial charge in [0.1, 0.15) is 23.7 Å². The Kier molecular flexibility index (Phi) is 9.74.